The van der Waals surface area contributed by atoms with E-state index in [2.05, 4.69) is 10.6 Å². The van der Waals surface area contributed by atoms with E-state index in [4.69, 9.17) is 0 Å². The Kier molecular flexibility index (Phi) is 6.76. The number of hydrogen-bond acceptors (Lipinski definition) is 5. The molecule has 0 unspecified atom stereocenters. The summed E-state index contributed by atoms with van der Waals surface area (Å²) < 4.78 is 0. The van der Waals surface area contributed by atoms with E-state index in [1.165, 1.54) is 6.07 Å². The van der Waals surface area contributed by atoms with E-state index in [1.54, 1.807) is 23.1 Å². The van der Waals surface area contributed by atoms with Gasteiger partial charge in [0.1, 0.15) is 11.2 Å². The number of piperazine rings is 1. The van der Waals surface area contributed by atoms with Crippen LogP contribution in [-0.4, -0.2) is 53.5 Å². The van der Waals surface area contributed by atoms with Gasteiger partial charge in [0.25, 0.3) is 5.69 Å². The zero-order valence-electron chi connectivity index (χ0n) is 18.5. The van der Waals surface area contributed by atoms with Crippen LogP contribution in [0, 0.1) is 10.1 Å². The summed E-state index contributed by atoms with van der Waals surface area (Å²) in [6.45, 7) is 2.32. The van der Waals surface area contributed by atoms with E-state index in [9.17, 15) is 19.7 Å². The molecular weight excluding hydrogens is 422 g/mol. The van der Waals surface area contributed by atoms with E-state index >= 15 is 0 Å². The molecule has 1 heterocycles. The maximum Gasteiger partial charge on any atom is 0.315 e. The molecule has 1 aliphatic carbocycles. The number of anilines is 1. The van der Waals surface area contributed by atoms with Gasteiger partial charge >= 0.3 is 6.03 Å². The van der Waals surface area contributed by atoms with Gasteiger partial charge in [0.05, 0.1) is 4.92 Å². The van der Waals surface area contributed by atoms with Crippen LogP contribution < -0.4 is 15.5 Å². The van der Waals surface area contributed by atoms with Crippen LogP contribution >= 0.6 is 0 Å². The van der Waals surface area contributed by atoms with Gasteiger partial charge in [-0.25, -0.2) is 4.79 Å². The van der Waals surface area contributed by atoms with Gasteiger partial charge in [0, 0.05) is 38.8 Å². The topological polar surface area (TPSA) is 108 Å². The third-order valence-electron chi connectivity index (χ3n) is 6.50. The van der Waals surface area contributed by atoms with Crippen LogP contribution in [0.3, 0.4) is 0 Å². The second-order valence-corrected chi connectivity index (χ2v) is 8.61. The van der Waals surface area contributed by atoms with Crippen LogP contribution in [0.4, 0.5) is 16.2 Å². The molecule has 0 atom stereocenters. The van der Waals surface area contributed by atoms with Gasteiger partial charge in [-0.3, -0.25) is 14.9 Å². The van der Waals surface area contributed by atoms with Gasteiger partial charge in [0.15, 0.2) is 0 Å². The summed E-state index contributed by atoms with van der Waals surface area (Å²) >= 11 is 0. The van der Waals surface area contributed by atoms with E-state index in [0.29, 0.717) is 51.3 Å². The molecule has 174 valence electrons. The summed E-state index contributed by atoms with van der Waals surface area (Å²) in [7, 11) is 0. The predicted molar refractivity (Wildman–Crippen MR) is 125 cm³/mol. The molecular formula is C24H29N5O4. The van der Waals surface area contributed by atoms with Crippen molar-refractivity contribution in [2.75, 3.05) is 31.1 Å². The summed E-state index contributed by atoms with van der Waals surface area (Å²) in [5.74, 6) is -0.0583. The Bertz CT molecular complexity index is 999. The Hall–Kier alpha value is -3.62. The Balaban J connectivity index is 1.38. The fourth-order valence-corrected chi connectivity index (χ4v) is 4.75. The molecule has 3 amide bonds. The largest absolute Gasteiger partial charge is 0.362 e. The molecule has 2 aromatic carbocycles. The minimum Gasteiger partial charge on any atom is -0.362 e. The van der Waals surface area contributed by atoms with Gasteiger partial charge in [-0.1, -0.05) is 55.3 Å². The van der Waals surface area contributed by atoms with E-state index in [1.807, 2.05) is 35.2 Å². The van der Waals surface area contributed by atoms with Gasteiger partial charge in [-0.2, -0.15) is 0 Å². The molecule has 4 rings (SSSR count). The van der Waals surface area contributed by atoms with Crippen molar-refractivity contribution in [1.82, 2.24) is 15.5 Å². The van der Waals surface area contributed by atoms with E-state index in [-0.39, 0.29) is 22.5 Å². The van der Waals surface area contributed by atoms with Crippen molar-refractivity contribution in [2.24, 2.45) is 0 Å². The Morgan fingerprint density at radius 1 is 0.939 bits per heavy atom. The van der Waals surface area contributed by atoms with Gasteiger partial charge in [-0.15, -0.1) is 0 Å². The molecule has 2 aromatic rings. The summed E-state index contributed by atoms with van der Waals surface area (Å²) in [5, 5.41) is 17.2. The van der Waals surface area contributed by atoms with E-state index in [0.717, 1.165) is 18.4 Å². The van der Waals surface area contributed by atoms with E-state index < -0.39 is 5.54 Å². The molecule has 1 saturated heterocycles. The molecule has 9 heteroatoms. The van der Waals surface area contributed by atoms with Crippen molar-refractivity contribution in [3.05, 3.63) is 70.3 Å². The standard InChI is InChI=1S/C24H29N5O4/c30-22(28-16-14-27(15-17-28)20-10-4-5-11-21(20)29(32)33)24(12-6-7-13-24)26-23(31)25-18-19-8-2-1-3-9-19/h1-5,8-11H,6-7,12-18H2,(H2,25,26,31). The maximum atomic E-state index is 13.5. The molecule has 0 radical (unpaired) electrons. The van der Waals surface area contributed by atoms with Crippen LogP contribution in [0.2, 0.25) is 0 Å². The second kappa shape index (κ2) is 9.89. The molecule has 0 spiro atoms. The number of urea groups is 1. The average molecular weight is 452 g/mol. The number of benzene rings is 2. The molecule has 2 N–H and O–H groups in total. The van der Waals surface area contributed by atoms with Crippen LogP contribution in [0.1, 0.15) is 31.2 Å². The summed E-state index contributed by atoms with van der Waals surface area (Å²) in [4.78, 5) is 40.9. The fourth-order valence-electron chi connectivity index (χ4n) is 4.75. The Morgan fingerprint density at radius 3 is 2.24 bits per heavy atom. The first-order valence-corrected chi connectivity index (χ1v) is 11.4. The molecule has 1 saturated carbocycles. The molecule has 2 aliphatic rings. The third kappa shape index (κ3) is 5.08. The van der Waals surface area contributed by atoms with Gasteiger partial charge < -0.3 is 20.4 Å². The predicted octanol–water partition coefficient (Wildman–Crippen LogP) is 3.06. The highest BCUT2D eigenvalue weighted by atomic mass is 16.6. The number of rotatable bonds is 6. The summed E-state index contributed by atoms with van der Waals surface area (Å²) in [5.41, 5.74) is 0.747. The zero-order chi connectivity index (χ0) is 23.3. The monoisotopic (exact) mass is 451 g/mol. The molecule has 33 heavy (non-hydrogen) atoms. The average Bonchev–Trinajstić information content (AvgIpc) is 3.32. The highest BCUT2D eigenvalue weighted by Gasteiger charge is 2.45. The number of para-hydroxylation sites is 2. The van der Waals surface area contributed by atoms with Crippen molar-refractivity contribution < 1.29 is 14.5 Å². The maximum absolute atomic E-state index is 13.5. The number of nitrogens with one attached hydrogen (secondary N) is 2. The number of nitrogens with zero attached hydrogens (tertiary/aromatic N) is 3. The Morgan fingerprint density at radius 2 is 1.58 bits per heavy atom. The van der Waals surface area contributed by atoms with Crippen molar-refractivity contribution in [2.45, 2.75) is 37.8 Å². The highest BCUT2D eigenvalue weighted by molar-refractivity contribution is 5.91. The summed E-state index contributed by atoms with van der Waals surface area (Å²) in [6.07, 6.45) is 3.02. The summed E-state index contributed by atoms with van der Waals surface area (Å²) in [6, 6.07) is 16.0. The Labute approximate surface area is 192 Å². The number of nitro benzene ring substituents is 1. The number of hydrogen-bond donors (Lipinski definition) is 2. The molecule has 9 nitrogen and oxygen atoms in total. The van der Waals surface area contributed by atoms with Crippen molar-refractivity contribution in [1.29, 1.82) is 0 Å². The SMILES string of the molecule is O=C(NCc1ccccc1)NC1(C(=O)N2CCN(c3ccccc3[N+](=O)[O-])CC2)CCCC1. The first-order valence-electron chi connectivity index (χ1n) is 11.4. The van der Waals surface area contributed by atoms with Crippen molar-refractivity contribution >= 4 is 23.3 Å². The fraction of sp³-hybridized carbons (Fsp3) is 0.417. The highest BCUT2D eigenvalue weighted by Crippen LogP contribution is 2.33. The smallest absolute Gasteiger partial charge is 0.315 e. The lowest BCUT2D eigenvalue weighted by atomic mass is 9.95. The van der Waals surface area contributed by atoms with Crippen LogP contribution in [0.5, 0.6) is 0 Å². The first-order chi connectivity index (χ1) is 16.0. The number of nitro groups is 1. The molecule has 0 bridgehead atoms. The minimum absolute atomic E-state index is 0.0583. The van der Waals surface area contributed by atoms with Crippen molar-refractivity contribution in [3.8, 4) is 0 Å². The first kappa shape index (κ1) is 22.6. The molecule has 2 fully saturated rings. The lowest BCUT2D eigenvalue weighted by Crippen LogP contribution is -2.62. The van der Waals surface area contributed by atoms with Crippen LogP contribution in [-0.2, 0) is 11.3 Å². The lowest BCUT2D eigenvalue weighted by Gasteiger charge is -2.40. The molecule has 0 aromatic heterocycles. The number of carbonyl (C=O) groups is 2. The number of carbonyl (C=O) groups excluding carboxylic acids is 2. The van der Waals surface area contributed by atoms with Crippen LogP contribution in [0.25, 0.3) is 0 Å². The number of amides is 3. The zero-order valence-corrected chi connectivity index (χ0v) is 18.5. The van der Waals surface area contributed by atoms with Gasteiger partial charge in [-0.05, 0) is 24.5 Å². The second-order valence-electron chi connectivity index (χ2n) is 8.61. The third-order valence-corrected chi connectivity index (χ3v) is 6.50. The minimum atomic E-state index is -0.887. The molecule has 1 aliphatic heterocycles. The quantitative estimate of drug-likeness (QED) is 0.518. The van der Waals surface area contributed by atoms with Gasteiger partial charge in [0.2, 0.25) is 5.91 Å². The van der Waals surface area contributed by atoms with Crippen molar-refractivity contribution in [3.63, 3.8) is 0 Å². The normalized spacial score (nSPS) is 17.5. The van der Waals surface area contributed by atoms with Crippen LogP contribution in [0.15, 0.2) is 54.6 Å². The lowest BCUT2D eigenvalue weighted by molar-refractivity contribution is -0.384.